The van der Waals surface area contributed by atoms with Gasteiger partial charge in [0.2, 0.25) is 5.91 Å². The van der Waals surface area contributed by atoms with E-state index < -0.39 is 5.82 Å². The summed E-state index contributed by atoms with van der Waals surface area (Å²) in [5.74, 6) is -1.23. The SMILES string of the molecule is CCOC(=O)Cc1csc(NC(=O)CSc2cccc(NC(=O)c3ccc(F)cc3)c2)n1. The van der Waals surface area contributed by atoms with Crippen LogP contribution in [0, 0.1) is 5.82 Å². The number of hydrogen-bond donors (Lipinski definition) is 2. The number of benzene rings is 2. The molecule has 0 spiro atoms. The van der Waals surface area contributed by atoms with Gasteiger partial charge in [0.1, 0.15) is 5.82 Å². The van der Waals surface area contributed by atoms with Crippen LogP contribution >= 0.6 is 23.1 Å². The van der Waals surface area contributed by atoms with E-state index in [4.69, 9.17) is 4.74 Å². The molecule has 1 heterocycles. The summed E-state index contributed by atoms with van der Waals surface area (Å²) in [6.45, 7) is 2.04. The lowest BCUT2D eigenvalue weighted by molar-refractivity contribution is -0.142. The molecule has 32 heavy (non-hydrogen) atoms. The molecule has 2 N–H and O–H groups in total. The number of carbonyl (C=O) groups is 3. The summed E-state index contributed by atoms with van der Waals surface area (Å²) in [5.41, 5.74) is 1.45. The molecule has 0 aliphatic heterocycles. The molecule has 166 valence electrons. The molecule has 0 aliphatic rings. The number of thiazole rings is 1. The Kier molecular flexibility index (Phi) is 8.34. The molecular formula is C22H20FN3O4S2. The molecule has 0 atom stereocenters. The molecule has 0 saturated carbocycles. The first-order valence-electron chi connectivity index (χ1n) is 9.62. The Morgan fingerprint density at radius 2 is 1.91 bits per heavy atom. The summed E-state index contributed by atoms with van der Waals surface area (Å²) in [4.78, 5) is 41.0. The zero-order chi connectivity index (χ0) is 22.9. The third-order valence-electron chi connectivity index (χ3n) is 4.00. The Morgan fingerprint density at radius 1 is 1.12 bits per heavy atom. The number of esters is 1. The smallest absolute Gasteiger partial charge is 0.311 e. The normalized spacial score (nSPS) is 10.4. The lowest BCUT2D eigenvalue weighted by atomic mass is 10.2. The predicted molar refractivity (Wildman–Crippen MR) is 123 cm³/mol. The summed E-state index contributed by atoms with van der Waals surface area (Å²) < 4.78 is 17.9. The van der Waals surface area contributed by atoms with Crippen molar-refractivity contribution in [2.45, 2.75) is 18.2 Å². The summed E-state index contributed by atoms with van der Waals surface area (Å²) in [5, 5.41) is 7.57. The molecular weight excluding hydrogens is 453 g/mol. The van der Waals surface area contributed by atoms with Gasteiger partial charge in [-0.15, -0.1) is 23.1 Å². The Hall–Kier alpha value is -3.24. The van der Waals surface area contributed by atoms with Crippen molar-refractivity contribution in [2.24, 2.45) is 0 Å². The molecule has 0 fully saturated rings. The van der Waals surface area contributed by atoms with Crippen LogP contribution in [-0.2, 0) is 20.7 Å². The van der Waals surface area contributed by atoms with Gasteiger partial charge in [-0.3, -0.25) is 14.4 Å². The molecule has 10 heteroatoms. The molecule has 7 nitrogen and oxygen atoms in total. The maximum absolute atomic E-state index is 13.0. The summed E-state index contributed by atoms with van der Waals surface area (Å²) >= 11 is 2.54. The molecule has 1 aromatic heterocycles. The van der Waals surface area contributed by atoms with Crippen LogP contribution in [0.1, 0.15) is 23.0 Å². The average molecular weight is 474 g/mol. The molecule has 3 aromatic rings. The third kappa shape index (κ3) is 7.17. The van der Waals surface area contributed by atoms with Crippen molar-refractivity contribution in [1.82, 2.24) is 4.98 Å². The fourth-order valence-corrected chi connectivity index (χ4v) is 4.06. The molecule has 0 aliphatic carbocycles. The molecule has 2 aromatic carbocycles. The quantitative estimate of drug-likeness (QED) is 0.354. The number of aromatic nitrogens is 1. The minimum Gasteiger partial charge on any atom is -0.466 e. The Bertz CT molecular complexity index is 1100. The van der Waals surface area contributed by atoms with Crippen molar-refractivity contribution in [3.8, 4) is 0 Å². The van der Waals surface area contributed by atoms with Gasteiger partial charge < -0.3 is 15.4 Å². The van der Waals surface area contributed by atoms with Crippen molar-refractivity contribution in [3.63, 3.8) is 0 Å². The Morgan fingerprint density at radius 3 is 2.66 bits per heavy atom. The molecule has 0 radical (unpaired) electrons. The number of thioether (sulfide) groups is 1. The number of hydrogen-bond acceptors (Lipinski definition) is 7. The fourth-order valence-electron chi connectivity index (χ4n) is 2.58. The van der Waals surface area contributed by atoms with Crippen LogP contribution in [0.5, 0.6) is 0 Å². The van der Waals surface area contributed by atoms with E-state index in [2.05, 4.69) is 15.6 Å². The second-order valence-electron chi connectivity index (χ2n) is 6.45. The Balaban J connectivity index is 1.50. The molecule has 0 bridgehead atoms. The highest BCUT2D eigenvalue weighted by atomic mass is 32.2. The second kappa shape index (κ2) is 11.4. The minimum absolute atomic E-state index is 0.0609. The largest absolute Gasteiger partial charge is 0.466 e. The van der Waals surface area contributed by atoms with E-state index in [1.165, 1.54) is 47.4 Å². The zero-order valence-electron chi connectivity index (χ0n) is 17.1. The zero-order valence-corrected chi connectivity index (χ0v) is 18.7. The van der Waals surface area contributed by atoms with Gasteiger partial charge >= 0.3 is 5.97 Å². The third-order valence-corrected chi connectivity index (χ3v) is 5.80. The van der Waals surface area contributed by atoms with E-state index >= 15 is 0 Å². The maximum Gasteiger partial charge on any atom is 0.311 e. The lowest BCUT2D eigenvalue weighted by Crippen LogP contribution is -2.14. The predicted octanol–water partition coefficient (Wildman–Crippen LogP) is 4.37. The van der Waals surface area contributed by atoms with Crippen molar-refractivity contribution in [2.75, 3.05) is 23.0 Å². The first kappa shape index (κ1) is 23.4. The topological polar surface area (TPSA) is 97.4 Å². The van der Waals surface area contributed by atoms with Gasteiger partial charge in [-0.25, -0.2) is 9.37 Å². The van der Waals surface area contributed by atoms with Gasteiger partial charge in [0, 0.05) is 21.5 Å². The van der Waals surface area contributed by atoms with Gasteiger partial charge in [0.15, 0.2) is 5.13 Å². The van der Waals surface area contributed by atoms with Crippen LogP contribution in [0.2, 0.25) is 0 Å². The van der Waals surface area contributed by atoms with Crippen molar-refractivity contribution in [3.05, 3.63) is 71.0 Å². The highest BCUT2D eigenvalue weighted by molar-refractivity contribution is 8.00. The van der Waals surface area contributed by atoms with Gasteiger partial charge in [0.25, 0.3) is 5.91 Å². The second-order valence-corrected chi connectivity index (χ2v) is 8.36. The van der Waals surface area contributed by atoms with E-state index in [1.807, 2.05) is 6.07 Å². The van der Waals surface area contributed by atoms with Crippen molar-refractivity contribution in [1.29, 1.82) is 0 Å². The number of nitrogens with one attached hydrogen (secondary N) is 2. The van der Waals surface area contributed by atoms with E-state index in [0.717, 1.165) is 4.90 Å². The van der Waals surface area contributed by atoms with Crippen LogP contribution in [0.25, 0.3) is 0 Å². The van der Waals surface area contributed by atoms with E-state index in [9.17, 15) is 18.8 Å². The van der Waals surface area contributed by atoms with Crippen LogP contribution in [0.4, 0.5) is 15.2 Å². The number of carbonyl (C=O) groups excluding carboxylic acids is 3. The first-order valence-corrected chi connectivity index (χ1v) is 11.5. The number of rotatable bonds is 9. The highest BCUT2D eigenvalue weighted by Crippen LogP contribution is 2.23. The van der Waals surface area contributed by atoms with Crippen molar-refractivity contribution < 1.29 is 23.5 Å². The van der Waals surface area contributed by atoms with E-state index in [0.29, 0.717) is 28.7 Å². The number of amides is 2. The van der Waals surface area contributed by atoms with Gasteiger partial charge in [-0.05, 0) is 49.4 Å². The van der Waals surface area contributed by atoms with Crippen LogP contribution in [-0.4, -0.2) is 35.1 Å². The number of ether oxygens (including phenoxy) is 1. The van der Waals surface area contributed by atoms with Crippen LogP contribution in [0.3, 0.4) is 0 Å². The van der Waals surface area contributed by atoms with E-state index in [-0.39, 0.29) is 30.0 Å². The monoisotopic (exact) mass is 473 g/mol. The molecule has 2 amide bonds. The average Bonchev–Trinajstić information content (AvgIpc) is 3.19. The van der Waals surface area contributed by atoms with Crippen LogP contribution in [0.15, 0.2) is 58.8 Å². The minimum atomic E-state index is -0.411. The number of anilines is 2. The van der Waals surface area contributed by atoms with Gasteiger partial charge in [-0.2, -0.15) is 0 Å². The maximum atomic E-state index is 13.0. The van der Waals surface area contributed by atoms with Gasteiger partial charge in [0.05, 0.1) is 24.5 Å². The molecule has 3 rings (SSSR count). The van der Waals surface area contributed by atoms with E-state index in [1.54, 1.807) is 30.5 Å². The summed E-state index contributed by atoms with van der Waals surface area (Å²) in [6, 6.07) is 12.3. The fraction of sp³-hybridized carbons (Fsp3) is 0.182. The van der Waals surface area contributed by atoms with Crippen LogP contribution < -0.4 is 10.6 Å². The number of nitrogens with zero attached hydrogens (tertiary/aromatic N) is 1. The van der Waals surface area contributed by atoms with Crippen molar-refractivity contribution >= 4 is 51.7 Å². The van der Waals surface area contributed by atoms with Gasteiger partial charge in [-0.1, -0.05) is 6.07 Å². The number of halogens is 1. The molecule has 0 unspecified atom stereocenters. The summed E-state index contributed by atoms with van der Waals surface area (Å²) in [6.07, 6.45) is 0.0609. The Labute approximate surface area is 192 Å². The molecule has 0 saturated heterocycles. The standard InChI is InChI=1S/C22H20FN3O4S2/c1-2-30-20(28)11-17-12-32-22(25-17)26-19(27)13-31-18-5-3-4-16(10-18)24-21(29)14-6-8-15(23)9-7-14/h3-10,12H,2,11,13H2,1H3,(H,24,29)(H,25,26,27). The first-order chi connectivity index (χ1) is 15.4. The summed E-state index contributed by atoms with van der Waals surface area (Å²) in [7, 11) is 0. The highest BCUT2D eigenvalue weighted by Gasteiger charge is 2.11. The lowest BCUT2D eigenvalue weighted by Gasteiger charge is -2.08.